The normalized spacial score (nSPS) is 14.6. The molecule has 0 aliphatic carbocycles. The summed E-state index contributed by atoms with van der Waals surface area (Å²) < 4.78 is 10.6. The van der Waals surface area contributed by atoms with Gasteiger partial charge in [-0.15, -0.1) is 0 Å². The molecule has 0 atom stereocenters. The first-order valence-corrected chi connectivity index (χ1v) is 8.89. The first kappa shape index (κ1) is 16.8. The summed E-state index contributed by atoms with van der Waals surface area (Å²) >= 11 is 0. The Kier molecular flexibility index (Phi) is 4.46. The van der Waals surface area contributed by atoms with Crippen LogP contribution < -0.4 is 4.74 Å². The Balaban J connectivity index is 1.47. The van der Waals surface area contributed by atoms with Crippen molar-refractivity contribution in [3.05, 3.63) is 47.4 Å². The summed E-state index contributed by atoms with van der Waals surface area (Å²) in [5.41, 5.74) is 3.36. The Bertz CT molecular complexity index is 882. The van der Waals surface area contributed by atoms with Crippen LogP contribution in [0, 0.1) is 0 Å². The van der Waals surface area contributed by atoms with Crippen molar-refractivity contribution in [1.82, 2.24) is 25.0 Å². The SMILES string of the molecule is COc1ccc(-c2nc3c([nH]2)CN(Cc2nc(C(C)C)no2)CC3)cc1. The number of aromatic amines is 1. The molecule has 0 bridgehead atoms. The third-order valence-electron chi connectivity index (χ3n) is 4.63. The smallest absolute Gasteiger partial charge is 0.240 e. The van der Waals surface area contributed by atoms with E-state index in [9.17, 15) is 0 Å². The minimum atomic E-state index is 0.278. The maximum atomic E-state index is 5.37. The van der Waals surface area contributed by atoms with Gasteiger partial charge in [0.1, 0.15) is 11.6 Å². The molecule has 136 valence electrons. The monoisotopic (exact) mass is 353 g/mol. The molecule has 0 unspecified atom stereocenters. The fraction of sp³-hybridized carbons (Fsp3) is 0.421. The maximum Gasteiger partial charge on any atom is 0.240 e. The molecule has 0 spiro atoms. The predicted molar refractivity (Wildman–Crippen MR) is 96.8 cm³/mol. The van der Waals surface area contributed by atoms with E-state index in [0.29, 0.717) is 12.4 Å². The molecule has 2 aromatic heterocycles. The van der Waals surface area contributed by atoms with E-state index in [1.807, 2.05) is 24.3 Å². The Hall–Kier alpha value is -2.67. The van der Waals surface area contributed by atoms with E-state index in [-0.39, 0.29) is 5.92 Å². The molecule has 26 heavy (non-hydrogen) atoms. The Labute approximate surface area is 152 Å². The summed E-state index contributed by atoms with van der Waals surface area (Å²) in [4.78, 5) is 15.0. The molecule has 1 aliphatic rings. The highest BCUT2D eigenvalue weighted by Gasteiger charge is 2.22. The predicted octanol–water partition coefficient (Wildman–Crippen LogP) is 3.15. The first-order valence-electron chi connectivity index (χ1n) is 8.89. The van der Waals surface area contributed by atoms with E-state index < -0.39 is 0 Å². The molecule has 0 saturated heterocycles. The number of H-pyrrole nitrogens is 1. The second kappa shape index (κ2) is 6.92. The molecule has 4 rings (SSSR count). The van der Waals surface area contributed by atoms with Crippen molar-refractivity contribution < 1.29 is 9.26 Å². The summed E-state index contributed by atoms with van der Waals surface area (Å²) in [5, 5.41) is 4.04. The van der Waals surface area contributed by atoms with E-state index in [1.54, 1.807) is 7.11 Å². The van der Waals surface area contributed by atoms with Crippen molar-refractivity contribution >= 4 is 0 Å². The van der Waals surface area contributed by atoms with E-state index in [2.05, 4.69) is 33.9 Å². The average molecular weight is 353 g/mol. The molecular formula is C19H23N5O2. The second-order valence-corrected chi connectivity index (χ2v) is 6.90. The Morgan fingerprint density at radius 2 is 2.04 bits per heavy atom. The van der Waals surface area contributed by atoms with Crippen LogP contribution in [0.1, 0.15) is 42.9 Å². The van der Waals surface area contributed by atoms with E-state index in [0.717, 1.165) is 53.9 Å². The summed E-state index contributed by atoms with van der Waals surface area (Å²) in [6, 6.07) is 7.94. The number of fused-ring (bicyclic) bond motifs is 1. The summed E-state index contributed by atoms with van der Waals surface area (Å²) in [6.07, 6.45) is 0.910. The molecule has 0 saturated carbocycles. The lowest BCUT2D eigenvalue weighted by molar-refractivity contribution is 0.207. The number of imidazole rings is 1. The lowest BCUT2D eigenvalue weighted by Crippen LogP contribution is -2.30. The van der Waals surface area contributed by atoms with Crippen LogP contribution in [-0.2, 0) is 19.5 Å². The highest BCUT2D eigenvalue weighted by atomic mass is 16.5. The quantitative estimate of drug-likeness (QED) is 0.759. The van der Waals surface area contributed by atoms with Crippen molar-refractivity contribution in [2.45, 2.75) is 39.3 Å². The number of aromatic nitrogens is 4. The van der Waals surface area contributed by atoms with Crippen LogP contribution in [0.25, 0.3) is 11.4 Å². The van der Waals surface area contributed by atoms with Crippen molar-refractivity contribution in [2.75, 3.05) is 13.7 Å². The van der Waals surface area contributed by atoms with Gasteiger partial charge in [-0.3, -0.25) is 4.90 Å². The average Bonchev–Trinajstić information content (AvgIpc) is 3.28. The van der Waals surface area contributed by atoms with E-state index >= 15 is 0 Å². The van der Waals surface area contributed by atoms with Crippen LogP contribution in [0.4, 0.5) is 0 Å². The lowest BCUT2D eigenvalue weighted by atomic mass is 10.1. The summed E-state index contributed by atoms with van der Waals surface area (Å²) in [6.45, 7) is 6.52. The summed E-state index contributed by atoms with van der Waals surface area (Å²) in [5.74, 6) is 3.46. The number of hydrogen-bond acceptors (Lipinski definition) is 6. The number of nitrogens with zero attached hydrogens (tertiary/aromatic N) is 4. The van der Waals surface area contributed by atoms with Crippen LogP contribution in [-0.4, -0.2) is 38.7 Å². The molecule has 1 aromatic carbocycles. The number of nitrogens with one attached hydrogen (secondary N) is 1. The van der Waals surface area contributed by atoms with Gasteiger partial charge in [0.15, 0.2) is 5.82 Å². The van der Waals surface area contributed by atoms with Gasteiger partial charge in [-0.05, 0) is 24.3 Å². The molecular weight excluding hydrogens is 330 g/mol. The third-order valence-corrected chi connectivity index (χ3v) is 4.63. The topological polar surface area (TPSA) is 80.1 Å². The van der Waals surface area contributed by atoms with Crippen LogP contribution in [0.2, 0.25) is 0 Å². The van der Waals surface area contributed by atoms with Crippen molar-refractivity contribution in [2.24, 2.45) is 0 Å². The molecule has 0 radical (unpaired) electrons. The molecule has 0 amide bonds. The number of rotatable bonds is 5. The molecule has 3 heterocycles. The molecule has 0 fully saturated rings. The van der Waals surface area contributed by atoms with Gasteiger partial charge in [0, 0.05) is 31.0 Å². The fourth-order valence-electron chi connectivity index (χ4n) is 3.13. The third kappa shape index (κ3) is 3.35. The number of benzene rings is 1. The van der Waals surface area contributed by atoms with Gasteiger partial charge in [0.2, 0.25) is 5.89 Å². The zero-order chi connectivity index (χ0) is 18.1. The van der Waals surface area contributed by atoms with Crippen molar-refractivity contribution in [1.29, 1.82) is 0 Å². The Morgan fingerprint density at radius 3 is 2.73 bits per heavy atom. The van der Waals surface area contributed by atoms with Crippen molar-refractivity contribution in [3.63, 3.8) is 0 Å². The zero-order valence-electron chi connectivity index (χ0n) is 15.3. The molecule has 3 aromatic rings. The maximum absolute atomic E-state index is 5.37. The molecule has 7 heteroatoms. The van der Waals surface area contributed by atoms with Crippen LogP contribution in [0.5, 0.6) is 5.75 Å². The fourth-order valence-corrected chi connectivity index (χ4v) is 3.13. The highest BCUT2D eigenvalue weighted by Crippen LogP contribution is 2.25. The van der Waals surface area contributed by atoms with Crippen LogP contribution >= 0.6 is 0 Å². The van der Waals surface area contributed by atoms with Crippen LogP contribution in [0.3, 0.4) is 0 Å². The van der Waals surface area contributed by atoms with Gasteiger partial charge in [0.05, 0.1) is 25.0 Å². The van der Waals surface area contributed by atoms with Gasteiger partial charge in [0.25, 0.3) is 0 Å². The largest absolute Gasteiger partial charge is 0.497 e. The molecule has 7 nitrogen and oxygen atoms in total. The van der Waals surface area contributed by atoms with Gasteiger partial charge < -0.3 is 14.2 Å². The highest BCUT2D eigenvalue weighted by molar-refractivity contribution is 5.57. The van der Waals surface area contributed by atoms with Crippen molar-refractivity contribution in [3.8, 4) is 17.1 Å². The second-order valence-electron chi connectivity index (χ2n) is 6.90. The Morgan fingerprint density at radius 1 is 1.23 bits per heavy atom. The van der Waals surface area contributed by atoms with Gasteiger partial charge in [-0.1, -0.05) is 19.0 Å². The van der Waals surface area contributed by atoms with Crippen LogP contribution in [0.15, 0.2) is 28.8 Å². The number of methoxy groups -OCH3 is 1. The molecule has 1 N–H and O–H groups in total. The van der Waals surface area contributed by atoms with E-state index in [1.165, 1.54) is 0 Å². The van der Waals surface area contributed by atoms with Gasteiger partial charge >= 0.3 is 0 Å². The molecule has 1 aliphatic heterocycles. The summed E-state index contributed by atoms with van der Waals surface area (Å²) in [7, 11) is 1.67. The minimum absolute atomic E-state index is 0.278. The minimum Gasteiger partial charge on any atom is -0.497 e. The first-order chi connectivity index (χ1) is 12.6. The zero-order valence-corrected chi connectivity index (χ0v) is 15.3. The number of ether oxygens (including phenoxy) is 1. The van der Waals surface area contributed by atoms with Gasteiger partial charge in [-0.25, -0.2) is 4.98 Å². The standard InChI is InChI=1S/C19H23N5O2/c1-12(2)18-22-17(26-23-18)11-24-9-8-15-16(10-24)21-19(20-15)13-4-6-14(25-3)7-5-13/h4-7,12H,8-11H2,1-3H3,(H,20,21). The van der Waals surface area contributed by atoms with Gasteiger partial charge in [-0.2, -0.15) is 4.98 Å². The van der Waals surface area contributed by atoms with E-state index in [4.69, 9.17) is 14.2 Å². The lowest BCUT2D eigenvalue weighted by Gasteiger charge is -2.24. The number of hydrogen-bond donors (Lipinski definition) is 1.